The van der Waals surface area contributed by atoms with Crippen molar-refractivity contribution in [1.82, 2.24) is 4.90 Å². The summed E-state index contributed by atoms with van der Waals surface area (Å²) in [6.45, 7) is 4.30. The largest absolute Gasteiger partial charge is 0.330 e. The zero-order valence-corrected chi connectivity index (χ0v) is 8.52. The molecule has 1 aromatic rings. The van der Waals surface area contributed by atoms with Gasteiger partial charge in [-0.1, -0.05) is 30.3 Å². The van der Waals surface area contributed by atoms with Gasteiger partial charge in [0.05, 0.1) is 0 Å². The summed E-state index contributed by atoms with van der Waals surface area (Å²) in [5.41, 5.74) is 7.07. The lowest BCUT2D eigenvalue weighted by molar-refractivity contribution is 0.318. The molecule has 1 saturated heterocycles. The van der Waals surface area contributed by atoms with E-state index in [4.69, 9.17) is 5.73 Å². The van der Waals surface area contributed by atoms with Crippen LogP contribution in [0, 0.1) is 5.92 Å². The van der Waals surface area contributed by atoms with Crippen molar-refractivity contribution in [3.8, 4) is 0 Å². The monoisotopic (exact) mass is 190 g/mol. The van der Waals surface area contributed by atoms with Crippen molar-refractivity contribution in [2.24, 2.45) is 11.7 Å². The van der Waals surface area contributed by atoms with Crippen LogP contribution in [0.15, 0.2) is 30.3 Å². The van der Waals surface area contributed by atoms with Crippen LogP contribution in [0.4, 0.5) is 0 Å². The summed E-state index contributed by atoms with van der Waals surface area (Å²) in [7, 11) is 0. The van der Waals surface area contributed by atoms with E-state index in [1.54, 1.807) is 0 Å². The van der Waals surface area contributed by atoms with Gasteiger partial charge in [0, 0.05) is 13.1 Å². The Labute approximate surface area is 85.7 Å². The summed E-state index contributed by atoms with van der Waals surface area (Å²) in [6, 6.07) is 10.7. The highest BCUT2D eigenvalue weighted by Gasteiger charge is 2.20. The van der Waals surface area contributed by atoms with Crippen LogP contribution >= 0.6 is 0 Å². The first kappa shape index (κ1) is 9.69. The van der Waals surface area contributed by atoms with Crippen LogP contribution in [-0.4, -0.2) is 24.5 Å². The predicted molar refractivity (Wildman–Crippen MR) is 58.9 cm³/mol. The normalized spacial score (nSPS) is 22.8. The summed E-state index contributed by atoms with van der Waals surface area (Å²) in [5.74, 6) is 0.721. The van der Waals surface area contributed by atoms with Crippen LogP contribution < -0.4 is 5.73 Å². The third kappa shape index (κ3) is 2.34. The smallest absolute Gasteiger partial charge is 0.0233 e. The van der Waals surface area contributed by atoms with Crippen molar-refractivity contribution >= 4 is 0 Å². The maximum Gasteiger partial charge on any atom is 0.0233 e. The number of nitrogens with zero attached hydrogens (tertiary/aromatic N) is 1. The molecule has 0 spiro atoms. The Balaban J connectivity index is 1.88. The number of benzene rings is 1. The number of nitrogens with two attached hydrogens (primary N) is 1. The van der Waals surface area contributed by atoms with E-state index in [-0.39, 0.29) is 0 Å². The molecule has 2 nitrogen and oxygen atoms in total. The van der Waals surface area contributed by atoms with E-state index >= 15 is 0 Å². The second kappa shape index (κ2) is 4.58. The third-order valence-electron chi connectivity index (χ3n) is 2.95. The van der Waals surface area contributed by atoms with Crippen LogP contribution in [0.25, 0.3) is 0 Å². The van der Waals surface area contributed by atoms with Gasteiger partial charge in [0.2, 0.25) is 0 Å². The quantitative estimate of drug-likeness (QED) is 0.782. The summed E-state index contributed by atoms with van der Waals surface area (Å²) in [5, 5.41) is 0. The first-order valence-corrected chi connectivity index (χ1v) is 5.35. The molecule has 2 rings (SSSR count). The number of rotatable bonds is 3. The van der Waals surface area contributed by atoms with Crippen LogP contribution in [0.5, 0.6) is 0 Å². The minimum absolute atomic E-state index is 0.721. The molecule has 1 heterocycles. The van der Waals surface area contributed by atoms with E-state index in [1.165, 1.54) is 25.1 Å². The Morgan fingerprint density at radius 2 is 2.07 bits per heavy atom. The fourth-order valence-electron chi connectivity index (χ4n) is 2.09. The molecule has 0 bridgehead atoms. The first-order chi connectivity index (χ1) is 6.88. The second-order valence-corrected chi connectivity index (χ2v) is 4.11. The Morgan fingerprint density at radius 1 is 1.29 bits per heavy atom. The van der Waals surface area contributed by atoms with Gasteiger partial charge in [-0.05, 0) is 31.0 Å². The molecule has 0 aromatic heterocycles. The number of hydrogen-bond donors (Lipinski definition) is 1. The van der Waals surface area contributed by atoms with Crippen LogP contribution in [0.1, 0.15) is 12.0 Å². The number of hydrogen-bond acceptors (Lipinski definition) is 2. The zero-order valence-electron chi connectivity index (χ0n) is 8.52. The van der Waals surface area contributed by atoms with Crippen molar-refractivity contribution in [3.63, 3.8) is 0 Å². The van der Waals surface area contributed by atoms with E-state index in [1.807, 2.05) is 0 Å². The van der Waals surface area contributed by atoms with Gasteiger partial charge in [0.25, 0.3) is 0 Å². The molecule has 0 saturated carbocycles. The van der Waals surface area contributed by atoms with Gasteiger partial charge in [-0.2, -0.15) is 0 Å². The molecule has 2 N–H and O–H groups in total. The highest BCUT2D eigenvalue weighted by molar-refractivity contribution is 5.14. The lowest BCUT2D eigenvalue weighted by Gasteiger charge is -2.15. The molecule has 2 heteroatoms. The first-order valence-electron chi connectivity index (χ1n) is 5.35. The molecule has 1 aliphatic rings. The Hall–Kier alpha value is -0.860. The Bertz CT molecular complexity index is 271. The van der Waals surface area contributed by atoms with Crippen molar-refractivity contribution in [3.05, 3.63) is 35.9 Å². The molecule has 1 aliphatic heterocycles. The molecule has 76 valence electrons. The van der Waals surface area contributed by atoms with E-state index in [0.29, 0.717) is 0 Å². The van der Waals surface area contributed by atoms with Crippen LogP contribution in [-0.2, 0) is 6.54 Å². The number of likely N-dealkylation sites (tertiary alicyclic amines) is 1. The average molecular weight is 190 g/mol. The van der Waals surface area contributed by atoms with Crippen LogP contribution in [0.2, 0.25) is 0 Å². The van der Waals surface area contributed by atoms with E-state index in [0.717, 1.165) is 19.0 Å². The topological polar surface area (TPSA) is 29.3 Å². The molecule has 0 amide bonds. The maximum absolute atomic E-state index is 5.66. The standard InChI is InChI=1S/C12H18N2/c13-8-12-6-7-14(10-12)9-11-4-2-1-3-5-11/h1-5,12H,6-10,13H2/t12-/m0/s1. The summed E-state index contributed by atoms with van der Waals surface area (Å²) < 4.78 is 0. The van der Waals surface area contributed by atoms with E-state index in [2.05, 4.69) is 35.2 Å². The molecular formula is C12H18N2. The average Bonchev–Trinajstić information content (AvgIpc) is 2.67. The SMILES string of the molecule is NC[C@@H]1CCN(Cc2ccccc2)C1. The lowest BCUT2D eigenvalue weighted by Crippen LogP contribution is -2.22. The maximum atomic E-state index is 5.66. The molecule has 0 radical (unpaired) electrons. The zero-order chi connectivity index (χ0) is 9.80. The summed E-state index contributed by atoms with van der Waals surface area (Å²) in [6.07, 6.45) is 1.27. The van der Waals surface area contributed by atoms with E-state index < -0.39 is 0 Å². The van der Waals surface area contributed by atoms with Gasteiger partial charge in [-0.25, -0.2) is 0 Å². The molecule has 1 atom stereocenters. The van der Waals surface area contributed by atoms with Crippen molar-refractivity contribution in [2.45, 2.75) is 13.0 Å². The summed E-state index contributed by atoms with van der Waals surface area (Å²) in [4.78, 5) is 2.49. The van der Waals surface area contributed by atoms with Crippen molar-refractivity contribution < 1.29 is 0 Å². The second-order valence-electron chi connectivity index (χ2n) is 4.11. The van der Waals surface area contributed by atoms with Gasteiger partial charge >= 0.3 is 0 Å². The molecule has 0 aliphatic carbocycles. The minimum atomic E-state index is 0.721. The van der Waals surface area contributed by atoms with Gasteiger partial charge in [-0.3, -0.25) is 4.90 Å². The van der Waals surface area contributed by atoms with Crippen molar-refractivity contribution in [2.75, 3.05) is 19.6 Å². The van der Waals surface area contributed by atoms with Crippen molar-refractivity contribution in [1.29, 1.82) is 0 Å². The predicted octanol–water partition coefficient (Wildman–Crippen LogP) is 1.47. The molecule has 1 fully saturated rings. The molecule has 0 unspecified atom stereocenters. The summed E-state index contributed by atoms with van der Waals surface area (Å²) >= 11 is 0. The van der Waals surface area contributed by atoms with E-state index in [9.17, 15) is 0 Å². The van der Waals surface area contributed by atoms with Gasteiger partial charge in [0.15, 0.2) is 0 Å². The Morgan fingerprint density at radius 3 is 2.71 bits per heavy atom. The Kier molecular flexibility index (Phi) is 3.17. The minimum Gasteiger partial charge on any atom is -0.330 e. The molecular weight excluding hydrogens is 172 g/mol. The third-order valence-corrected chi connectivity index (χ3v) is 2.95. The lowest BCUT2D eigenvalue weighted by atomic mass is 10.1. The van der Waals surface area contributed by atoms with Crippen LogP contribution in [0.3, 0.4) is 0 Å². The molecule has 14 heavy (non-hydrogen) atoms. The van der Waals surface area contributed by atoms with Gasteiger partial charge < -0.3 is 5.73 Å². The van der Waals surface area contributed by atoms with Gasteiger partial charge in [0.1, 0.15) is 0 Å². The highest BCUT2D eigenvalue weighted by Crippen LogP contribution is 2.17. The van der Waals surface area contributed by atoms with Gasteiger partial charge in [-0.15, -0.1) is 0 Å². The molecule has 1 aromatic carbocycles. The fraction of sp³-hybridized carbons (Fsp3) is 0.500. The highest BCUT2D eigenvalue weighted by atomic mass is 15.1. The fourth-order valence-corrected chi connectivity index (χ4v) is 2.09.